The molecular formula is C19H18ClN5O2. The first-order valence-corrected chi connectivity index (χ1v) is 8.73. The van der Waals surface area contributed by atoms with Crippen molar-refractivity contribution in [1.29, 1.82) is 0 Å². The summed E-state index contributed by atoms with van der Waals surface area (Å²) in [5.74, 6) is 0.359. The second-order valence-corrected chi connectivity index (χ2v) is 6.30. The first-order valence-electron chi connectivity index (χ1n) is 8.35. The summed E-state index contributed by atoms with van der Waals surface area (Å²) < 4.78 is 0. The summed E-state index contributed by atoms with van der Waals surface area (Å²) in [5, 5.41) is 15.4. The summed E-state index contributed by atoms with van der Waals surface area (Å²) in [6.45, 7) is 4.40. The molecule has 0 saturated heterocycles. The number of nitrogens with zero attached hydrogens (tertiary/aromatic N) is 4. The maximum Gasteiger partial charge on any atom is 0.354 e. The van der Waals surface area contributed by atoms with Gasteiger partial charge in [-0.2, -0.15) is 0 Å². The van der Waals surface area contributed by atoms with Crippen LogP contribution in [0.2, 0.25) is 5.02 Å². The van der Waals surface area contributed by atoms with Crippen molar-refractivity contribution >= 4 is 40.3 Å². The highest BCUT2D eigenvalue weighted by atomic mass is 35.5. The van der Waals surface area contributed by atoms with Crippen LogP contribution in [0.5, 0.6) is 0 Å². The van der Waals surface area contributed by atoms with Gasteiger partial charge in [0.15, 0.2) is 0 Å². The molecular weight excluding hydrogens is 366 g/mol. The van der Waals surface area contributed by atoms with E-state index in [1.165, 1.54) is 6.33 Å². The average Bonchev–Trinajstić information content (AvgIpc) is 2.64. The third kappa shape index (κ3) is 4.15. The highest BCUT2D eigenvalue weighted by molar-refractivity contribution is 6.30. The third-order valence-electron chi connectivity index (χ3n) is 3.98. The number of halogens is 1. The summed E-state index contributed by atoms with van der Waals surface area (Å²) in [6.07, 6.45) is 1.32. The van der Waals surface area contributed by atoms with Gasteiger partial charge in [-0.1, -0.05) is 23.7 Å². The molecule has 8 heteroatoms. The highest BCUT2D eigenvalue weighted by Gasteiger charge is 2.27. The number of hydrogen-bond donors (Lipinski definition) is 1. The molecule has 1 N–H and O–H groups in total. The van der Waals surface area contributed by atoms with Crippen LogP contribution in [0.4, 0.5) is 28.7 Å². The Bertz CT molecular complexity index is 963. The van der Waals surface area contributed by atoms with Gasteiger partial charge in [0, 0.05) is 22.9 Å². The lowest BCUT2D eigenvalue weighted by atomic mass is 10.2. The second-order valence-electron chi connectivity index (χ2n) is 5.87. The van der Waals surface area contributed by atoms with Crippen molar-refractivity contribution in [3.63, 3.8) is 0 Å². The largest absolute Gasteiger partial charge is 0.354 e. The Hall–Kier alpha value is -3.19. The number of anilines is 4. The predicted molar refractivity (Wildman–Crippen MR) is 107 cm³/mol. The van der Waals surface area contributed by atoms with E-state index in [9.17, 15) is 10.1 Å². The Labute approximate surface area is 161 Å². The third-order valence-corrected chi connectivity index (χ3v) is 4.23. The molecule has 3 aromatic rings. The molecule has 0 saturated carbocycles. The van der Waals surface area contributed by atoms with E-state index >= 15 is 0 Å². The molecule has 0 unspecified atom stereocenters. The maximum atomic E-state index is 11.8. The fraction of sp³-hybridized carbons (Fsp3) is 0.158. The lowest BCUT2D eigenvalue weighted by molar-refractivity contribution is -0.383. The lowest BCUT2D eigenvalue weighted by Gasteiger charge is -2.22. The van der Waals surface area contributed by atoms with Gasteiger partial charge in [0.2, 0.25) is 11.6 Å². The van der Waals surface area contributed by atoms with Gasteiger partial charge in [-0.25, -0.2) is 9.97 Å². The number of nitrogens with one attached hydrogen (secondary N) is 1. The van der Waals surface area contributed by atoms with Crippen LogP contribution in [-0.4, -0.2) is 21.4 Å². The summed E-state index contributed by atoms with van der Waals surface area (Å²) in [5.41, 5.74) is 2.35. The van der Waals surface area contributed by atoms with E-state index in [4.69, 9.17) is 11.6 Å². The van der Waals surface area contributed by atoms with Gasteiger partial charge in [-0.15, -0.1) is 0 Å². The molecule has 0 fully saturated rings. The minimum absolute atomic E-state index is 0.124. The number of aromatic nitrogens is 2. The van der Waals surface area contributed by atoms with Gasteiger partial charge in [-0.3, -0.25) is 10.1 Å². The van der Waals surface area contributed by atoms with Gasteiger partial charge in [0.1, 0.15) is 6.33 Å². The van der Waals surface area contributed by atoms with Crippen LogP contribution in [0.1, 0.15) is 12.5 Å². The van der Waals surface area contributed by atoms with Crippen molar-refractivity contribution in [2.24, 2.45) is 0 Å². The molecule has 3 rings (SSSR count). The first-order chi connectivity index (χ1) is 13.0. The van der Waals surface area contributed by atoms with Crippen molar-refractivity contribution in [1.82, 2.24) is 9.97 Å². The van der Waals surface area contributed by atoms with Gasteiger partial charge in [0.25, 0.3) is 0 Å². The highest BCUT2D eigenvalue weighted by Crippen LogP contribution is 2.37. The van der Waals surface area contributed by atoms with Crippen LogP contribution in [0.3, 0.4) is 0 Å². The normalized spacial score (nSPS) is 10.5. The van der Waals surface area contributed by atoms with E-state index in [-0.39, 0.29) is 17.3 Å². The number of hydrogen-bond acceptors (Lipinski definition) is 6. The zero-order valence-electron chi connectivity index (χ0n) is 14.9. The van der Waals surface area contributed by atoms with Crippen LogP contribution < -0.4 is 10.2 Å². The number of rotatable bonds is 6. The van der Waals surface area contributed by atoms with Crippen molar-refractivity contribution in [2.75, 3.05) is 16.8 Å². The molecule has 1 aromatic heterocycles. The smallest absolute Gasteiger partial charge is 0.334 e. The van der Waals surface area contributed by atoms with E-state index in [0.717, 1.165) is 11.3 Å². The fourth-order valence-corrected chi connectivity index (χ4v) is 2.87. The molecule has 1 heterocycles. The second kappa shape index (κ2) is 8.01. The predicted octanol–water partition coefficient (Wildman–Crippen LogP) is 5.25. The SMILES string of the molecule is CCN(c1cccc(C)c1)c1ncnc(Nc2ccc(Cl)cc2)c1[N+](=O)[O-]. The van der Waals surface area contributed by atoms with Crippen molar-refractivity contribution in [3.8, 4) is 0 Å². The molecule has 0 aliphatic heterocycles. The molecule has 7 nitrogen and oxygen atoms in total. The summed E-state index contributed by atoms with van der Waals surface area (Å²) in [4.78, 5) is 21.5. The maximum absolute atomic E-state index is 11.8. The van der Waals surface area contributed by atoms with Crippen molar-refractivity contribution in [2.45, 2.75) is 13.8 Å². The van der Waals surface area contributed by atoms with E-state index in [1.807, 2.05) is 38.1 Å². The Morgan fingerprint density at radius 2 is 1.93 bits per heavy atom. The van der Waals surface area contributed by atoms with Gasteiger partial charge >= 0.3 is 5.69 Å². The molecule has 0 spiro atoms. The molecule has 138 valence electrons. The van der Waals surface area contributed by atoms with Gasteiger partial charge in [-0.05, 0) is 55.8 Å². The minimum Gasteiger partial charge on any atom is -0.334 e. The lowest BCUT2D eigenvalue weighted by Crippen LogP contribution is -2.19. The molecule has 0 aliphatic rings. The average molecular weight is 384 g/mol. The van der Waals surface area contributed by atoms with E-state index in [0.29, 0.717) is 17.3 Å². The Morgan fingerprint density at radius 1 is 1.19 bits per heavy atom. The van der Waals surface area contributed by atoms with Crippen LogP contribution in [0.15, 0.2) is 54.9 Å². The zero-order chi connectivity index (χ0) is 19.4. The van der Waals surface area contributed by atoms with Gasteiger partial charge in [0.05, 0.1) is 4.92 Å². The Morgan fingerprint density at radius 3 is 2.56 bits per heavy atom. The van der Waals surface area contributed by atoms with Crippen molar-refractivity contribution in [3.05, 3.63) is 75.6 Å². The fourth-order valence-electron chi connectivity index (χ4n) is 2.75. The molecule has 0 aliphatic carbocycles. The number of aryl methyl sites for hydroxylation is 1. The molecule has 0 radical (unpaired) electrons. The number of nitro groups is 1. The van der Waals surface area contributed by atoms with Gasteiger partial charge < -0.3 is 10.2 Å². The molecule has 0 atom stereocenters. The quantitative estimate of drug-likeness (QED) is 0.462. The van der Waals surface area contributed by atoms with E-state index < -0.39 is 4.92 Å². The van der Waals surface area contributed by atoms with Crippen LogP contribution in [0, 0.1) is 17.0 Å². The molecule has 0 bridgehead atoms. The Balaban J connectivity index is 2.07. The standard InChI is InChI=1S/C19H18ClN5O2/c1-3-24(16-6-4-5-13(2)11-16)19-17(25(26)27)18(21-12-22-19)23-15-9-7-14(20)8-10-15/h4-12H,3H2,1-2H3,(H,21,22,23). The monoisotopic (exact) mass is 383 g/mol. The van der Waals surface area contributed by atoms with Crippen LogP contribution in [-0.2, 0) is 0 Å². The molecule has 2 aromatic carbocycles. The van der Waals surface area contributed by atoms with Crippen LogP contribution in [0.25, 0.3) is 0 Å². The summed E-state index contributed by atoms with van der Waals surface area (Å²) in [7, 11) is 0. The van der Waals surface area contributed by atoms with E-state index in [1.54, 1.807) is 29.2 Å². The van der Waals surface area contributed by atoms with Crippen LogP contribution >= 0.6 is 11.6 Å². The van der Waals surface area contributed by atoms with Crippen molar-refractivity contribution < 1.29 is 4.92 Å². The summed E-state index contributed by atoms with van der Waals surface area (Å²) in [6, 6.07) is 14.6. The topological polar surface area (TPSA) is 84.2 Å². The summed E-state index contributed by atoms with van der Waals surface area (Å²) >= 11 is 5.89. The minimum atomic E-state index is -0.466. The zero-order valence-corrected chi connectivity index (χ0v) is 15.6. The molecule has 27 heavy (non-hydrogen) atoms. The first kappa shape index (κ1) is 18.6. The molecule has 0 amide bonds. The number of benzene rings is 2. The van der Waals surface area contributed by atoms with E-state index in [2.05, 4.69) is 15.3 Å². The Kier molecular flexibility index (Phi) is 5.52.